The minimum Gasteiger partial charge on any atom is -0.312 e. The van der Waals surface area contributed by atoms with Crippen molar-refractivity contribution in [3.63, 3.8) is 0 Å². The third kappa shape index (κ3) is 1.86. The molecule has 72 valence electrons. The first kappa shape index (κ1) is 9.03. The van der Waals surface area contributed by atoms with E-state index < -0.39 is 0 Å². The Labute approximate surface area is 83.1 Å². The molecule has 0 spiro atoms. The fourth-order valence-electron chi connectivity index (χ4n) is 1.73. The molecule has 0 saturated carbocycles. The van der Waals surface area contributed by atoms with Crippen molar-refractivity contribution in [2.45, 2.75) is 32.4 Å². The van der Waals surface area contributed by atoms with Gasteiger partial charge in [-0.25, -0.2) is 0 Å². The number of aromatic nitrogens is 2. The lowest BCUT2D eigenvalue weighted by Crippen LogP contribution is -2.27. The van der Waals surface area contributed by atoms with Crippen molar-refractivity contribution < 1.29 is 0 Å². The molecule has 4 heteroatoms. The van der Waals surface area contributed by atoms with Gasteiger partial charge in [0, 0.05) is 6.04 Å². The molecule has 2 heterocycles. The average Bonchev–Trinajstić information content (AvgIpc) is 2.71. The Kier molecular flexibility index (Phi) is 2.56. The van der Waals surface area contributed by atoms with Gasteiger partial charge in [-0.15, -0.1) is 0 Å². The van der Waals surface area contributed by atoms with Gasteiger partial charge in [0.2, 0.25) is 0 Å². The average molecular weight is 200 g/mol. The molecule has 3 nitrogen and oxygen atoms in total. The standard InChI is InChI=1S/C9H14ClN3/c1-7-9(10)5-12-13(7)6-8-3-2-4-11-8/h5,8,11H,2-4,6H2,1H3. The summed E-state index contributed by atoms with van der Waals surface area (Å²) in [6, 6.07) is 0.578. The maximum Gasteiger partial charge on any atom is 0.0814 e. The van der Waals surface area contributed by atoms with E-state index in [0.717, 1.165) is 23.8 Å². The molecule has 1 aliphatic rings. The molecule has 1 N–H and O–H groups in total. The molecule has 1 aliphatic heterocycles. The smallest absolute Gasteiger partial charge is 0.0814 e. The zero-order valence-electron chi connectivity index (χ0n) is 7.76. The third-order valence-corrected chi connectivity index (χ3v) is 2.97. The van der Waals surface area contributed by atoms with Gasteiger partial charge < -0.3 is 5.32 Å². The van der Waals surface area contributed by atoms with E-state index in [1.807, 2.05) is 11.6 Å². The second-order valence-corrected chi connectivity index (χ2v) is 3.96. The Morgan fingerprint density at radius 1 is 1.77 bits per heavy atom. The topological polar surface area (TPSA) is 29.9 Å². The second-order valence-electron chi connectivity index (χ2n) is 3.55. The highest BCUT2D eigenvalue weighted by Gasteiger charge is 2.15. The Morgan fingerprint density at radius 3 is 3.15 bits per heavy atom. The van der Waals surface area contributed by atoms with Gasteiger partial charge in [-0.1, -0.05) is 11.6 Å². The van der Waals surface area contributed by atoms with Crippen molar-refractivity contribution in [1.82, 2.24) is 15.1 Å². The highest BCUT2D eigenvalue weighted by atomic mass is 35.5. The van der Waals surface area contributed by atoms with Crippen molar-refractivity contribution in [3.8, 4) is 0 Å². The van der Waals surface area contributed by atoms with Crippen LogP contribution < -0.4 is 5.32 Å². The lowest BCUT2D eigenvalue weighted by Gasteiger charge is -2.11. The number of hydrogen-bond acceptors (Lipinski definition) is 2. The van der Waals surface area contributed by atoms with Crippen molar-refractivity contribution in [3.05, 3.63) is 16.9 Å². The number of nitrogens with zero attached hydrogens (tertiary/aromatic N) is 2. The summed E-state index contributed by atoms with van der Waals surface area (Å²) >= 11 is 5.91. The monoisotopic (exact) mass is 199 g/mol. The van der Waals surface area contributed by atoms with Crippen LogP contribution >= 0.6 is 11.6 Å². The molecule has 1 aromatic rings. The molecule has 1 atom stereocenters. The summed E-state index contributed by atoms with van der Waals surface area (Å²) < 4.78 is 1.98. The number of hydrogen-bond donors (Lipinski definition) is 1. The number of rotatable bonds is 2. The molecule has 0 radical (unpaired) electrons. The van der Waals surface area contributed by atoms with Gasteiger partial charge >= 0.3 is 0 Å². The molecule has 0 aliphatic carbocycles. The van der Waals surface area contributed by atoms with Gasteiger partial charge in [0.05, 0.1) is 23.5 Å². The summed E-state index contributed by atoms with van der Waals surface area (Å²) in [6.07, 6.45) is 4.24. The van der Waals surface area contributed by atoms with E-state index >= 15 is 0 Å². The Bertz CT molecular complexity index is 289. The molecule has 1 aromatic heterocycles. The Balaban J connectivity index is 2.04. The second kappa shape index (κ2) is 3.68. The van der Waals surface area contributed by atoms with E-state index in [4.69, 9.17) is 11.6 Å². The largest absolute Gasteiger partial charge is 0.312 e. The molecule has 0 aromatic carbocycles. The van der Waals surface area contributed by atoms with E-state index in [1.165, 1.54) is 12.8 Å². The van der Waals surface area contributed by atoms with Crippen LogP contribution in [0.3, 0.4) is 0 Å². The molecule has 13 heavy (non-hydrogen) atoms. The highest BCUT2D eigenvalue weighted by molar-refractivity contribution is 6.31. The molecule has 1 unspecified atom stereocenters. The summed E-state index contributed by atoms with van der Waals surface area (Å²) in [5.74, 6) is 0. The third-order valence-electron chi connectivity index (χ3n) is 2.60. The number of halogens is 1. The Morgan fingerprint density at radius 2 is 2.62 bits per heavy atom. The maximum absolute atomic E-state index is 5.91. The lowest BCUT2D eigenvalue weighted by atomic mass is 10.2. The molecule has 2 rings (SSSR count). The van der Waals surface area contributed by atoms with E-state index in [0.29, 0.717) is 6.04 Å². The van der Waals surface area contributed by atoms with Crippen molar-refractivity contribution >= 4 is 11.6 Å². The molecule has 0 bridgehead atoms. The summed E-state index contributed by atoms with van der Waals surface area (Å²) in [4.78, 5) is 0. The van der Waals surface area contributed by atoms with Gasteiger partial charge in [0.25, 0.3) is 0 Å². The van der Waals surface area contributed by atoms with Crippen LogP contribution in [0.2, 0.25) is 5.02 Å². The van der Waals surface area contributed by atoms with Crippen LogP contribution in [-0.4, -0.2) is 22.4 Å². The van der Waals surface area contributed by atoms with Crippen molar-refractivity contribution in [1.29, 1.82) is 0 Å². The van der Waals surface area contributed by atoms with Gasteiger partial charge in [-0.05, 0) is 26.3 Å². The number of nitrogens with one attached hydrogen (secondary N) is 1. The van der Waals surface area contributed by atoms with E-state index in [2.05, 4.69) is 10.4 Å². The first-order valence-electron chi connectivity index (χ1n) is 4.68. The van der Waals surface area contributed by atoms with Crippen molar-refractivity contribution in [2.75, 3.05) is 6.54 Å². The lowest BCUT2D eigenvalue weighted by molar-refractivity contribution is 0.469. The predicted molar refractivity (Wildman–Crippen MR) is 53.0 cm³/mol. The van der Waals surface area contributed by atoms with Gasteiger partial charge in [0.1, 0.15) is 0 Å². The summed E-state index contributed by atoms with van der Waals surface area (Å²) in [5.41, 5.74) is 1.07. The molecule has 1 fully saturated rings. The molecule has 0 amide bonds. The fraction of sp³-hybridized carbons (Fsp3) is 0.667. The minimum atomic E-state index is 0.578. The molecular weight excluding hydrogens is 186 g/mol. The van der Waals surface area contributed by atoms with Gasteiger partial charge in [-0.3, -0.25) is 4.68 Å². The predicted octanol–water partition coefficient (Wildman–Crippen LogP) is 1.60. The van der Waals surface area contributed by atoms with E-state index in [9.17, 15) is 0 Å². The van der Waals surface area contributed by atoms with Crippen LogP contribution in [0.25, 0.3) is 0 Å². The first-order valence-corrected chi connectivity index (χ1v) is 5.06. The van der Waals surface area contributed by atoms with Gasteiger partial charge in [0.15, 0.2) is 0 Å². The zero-order valence-corrected chi connectivity index (χ0v) is 8.51. The normalized spacial score (nSPS) is 22.5. The molecule has 1 saturated heterocycles. The van der Waals surface area contributed by atoms with Crippen LogP contribution in [0.5, 0.6) is 0 Å². The SMILES string of the molecule is Cc1c(Cl)cnn1CC1CCCN1. The Hall–Kier alpha value is -0.540. The van der Waals surface area contributed by atoms with Crippen LogP contribution in [-0.2, 0) is 6.54 Å². The van der Waals surface area contributed by atoms with E-state index in [1.54, 1.807) is 6.20 Å². The van der Waals surface area contributed by atoms with Crippen LogP contribution in [0, 0.1) is 6.92 Å². The van der Waals surface area contributed by atoms with Gasteiger partial charge in [-0.2, -0.15) is 5.10 Å². The summed E-state index contributed by atoms with van der Waals surface area (Å²) in [7, 11) is 0. The summed E-state index contributed by atoms with van der Waals surface area (Å²) in [5, 5.41) is 8.42. The van der Waals surface area contributed by atoms with Crippen molar-refractivity contribution in [2.24, 2.45) is 0 Å². The van der Waals surface area contributed by atoms with Crippen LogP contribution in [0.4, 0.5) is 0 Å². The molecular formula is C9H14ClN3. The first-order chi connectivity index (χ1) is 6.27. The zero-order chi connectivity index (χ0) is 9.26. The van der Waals surface area contributed by atoms with Crippen LogP contribution in [0.15, 0.2) is 6.20 Å². The highest BCUT2D eigenvalue weighted by Crippen LogP contribution is 2.15. The maximum atomic E-state index is 5.91. The quantitative estimate of drug-likeness (QED) is 0.784. The van der Waals surface area contributed by atoms with E-state index in [-0.39, 0.29) is 0 Å². The summed E-state index contributed by atoms with van der Waals surface area (Å²) in [6.45, 7) is 4.08. The fourth-order valence-corrected chi connectivity index (χ4v) is 1.87. The minimum absolute atomic E-state index is 0.578. The van der Waals surface area contributed by atoms with Crippen LogP contribution in [0.1, 0.15) is 18.5 Å².